The first-order valence-corrected chi connectivity index (χ1v) is 12.2. The summed E-state index contributed by atoms with van der Waals surface area (Å²) in [7, 11) is -3.47. The van der Waals surface area contributed by atoms with E-state index < -0.39 is 14.9 Å². The molecule has 0 spiro atoms. The van der Waals surface area contributed by atoms with Crippen LogP contribution in [0.3, 0.4) is 0 Å². The van der Waals surface area contributed by atoms with Gasteiger partial charge in [-0.15, -0.1) is 0 Å². The zero-order chi connectivity index (χ0) is 22.7. The predicted octanol–water partition coefficient (Wildman–Crippen LogP) is 2.32. The average molecular weight is 459 g/mol. The van der Waals surface area contributed by atoms with Gasteiger partial charge in [0.25, 0.3) is 5.69 Å². The number of nitro groups is 1. The molecule has 2 aliphatic rings. The number of hydrogen-bond donors (Lipinski definition) is 1. The summed E-state index contributed by atoms with van der Waals surface area (Å²) >= 11 is 0. The van der Waals surface area contributed by atoms with Crippen molar-refractivity contribution in [2.24, 2.45) is 0 Å². The van der Waals surface area contributed by atoms with E-state index in [2.05, 4.69) is 4.72 Å². The lowest BCUT2D eigenvalue weighted by atomic mass is 10.1. The van der Waals surface area contributed by atoms with Crippen LogP contribution in [-0.2, 0) is 21.2 Å². The van der Waals surface area contributed by atoms with Crippen molar-refractivity contribution in [2.45, 2.75) is 36.6 Å². The number of carbonyl (C=O) groups is 1. The van der Waals surface area contributed by atoms with Gasteiger partial charge in [0.2, 0.25) is 15.9 Å². The number of nitrogens with one attached hydrogen (secondary N) is 1. The molecule has 1 saturated carbocycles. The Bertz CT molecular complexity index is 1090. The number of piperazine rings is 1. The minimum Gasteiger partial charge on any atom is -0.368 e. The van der Waals surface area contributed by atoms with Crippen molar-refractivity contribution in [1.82, 2.24) is 9.62 Å². The number of aryl methyl sites for hydroxylation is 1. The summed E-state index contributed by atoms with van der Waals surface area (Å²) in [6.45, 7) is 2.36. The normalized spacial score (nSPS) is 16.8. The fraction of sp³-hybridized carbons (Fsp3) is 0.409. The van der Waals surface area contributed by atoms with Crippen molar-refractivity contribution in [3.63, 3.8) is 0 Å². The molecular formula is C22H26N4O5S. The molecule has 9 nitrogen and oxygen atoms in total. The van der Waals surface area contributed by atoms with Gasteiger partial charge in [-0.3, -0.25) is 14.9 Å². The second-order valence-electron chi connectivity index (χ2n) is 8.18. The second-order valence-corrected chi connectivity index (χ2v) is 9.90. The minimum absolute atomic E-state index is 0.0517. The number of benzene rings is 2. The number of hydrogen-bond acceptors (Lipinski definition) is 6. The van der Waals surface area contributed by atoms with Gasteiger partial charge in [0.1, 0.15) is 0 Å². The molecule has 1 N–H and O–H groups in total. The maximum absolute atomic E-state index is 12.6. The molecule has 0 bridgehead atoms. The zero-order valence-corrected chi connectivity index (χ0v) is 18.5. The predicted molar refractivity (Wildman–Crippen MR) is 120 cm³/mol. The topological polar surface area (TPSA) is 113 Å². The molecule has 170 valence electrons. The molecule has 2 aromatic rings. The fourth-order valence-electron chi connectivity index (χ4n) is 3.75. The van der Waals surface area contributed by atoms with Crippen molar-refractivity contribution in [3.8, 4) is 0 Å². The van der Waals surface area contributed by atoms with Gasteiger partial charge in [-0.1, -0.05) is 18.2 Å². The van der Waals surface area contributed by atoms with Crippen molar-refractivity contribution >= 4 is 27.3 Å². The third-order valence-corrected chi connectivity index (χ3v) is 7.33. The first kappa shape index (κ1) is 22.2. The highest BCUT2D eigenvalue weighted by Gasteiger charge is 2.28. The van der Waals surface area contributed by atoms with Crippen LogP contribution in [0.4, 0.5) is 11.4 Å². The molecule has 10 heteroatoms. The van der Waals surface area contributed by atoms with E-state index in [1.54, 1.807) is 36.4 Å². The number of rotatable bonds is 8. The minimum atomic E-state index is -3.47. The largest absolute Gasteiger partial charge is 0.368 e. The molecule has 0 radical (unpaired) electrons. The van der Waals surface area contributed by atoms with Crippen LogP contribution in [0.2, 0.25) is 0 Å². The van der Waals surface area contributed by atoms with Gasteiger partial charge in [-0.2, -0.15) is 0 Å². The highest BCUT2D eigenvalue weighted by Crippen LogP contribution is 2.23. The fourth-order valence-corrected chi connectivity index (χ4v) is 5.06. The van der Waals surface area contributed by atoms with Crippen LogP contribution >= 0.6 is 0 Å². The van der Waals surface area contributed by atoms with Gasteiger partial charge in [0.05, 0.1) is 9.82 Å². The summed E-state index contributed by atoms with van der Waals surface area (Å²) in [6, 6.07) is 13.3. The Hall–Kier alpha value is -2.98. The molecule has 1 saturated heterocycles. The summed E-state index contributed by atoms with van der Waals surface area (Å²) < 4.78 is 27.1. The van der Waals surface area contributed by atoms with Crippen LogP contribution in [0.15, 0.2) is 53.4 Å². The SMILES string of the molecule is O=C(CCc1ccc(S(=O)(=O)NC2CC2)cc1)N1CCN(c2cccc([N+](=O)[O-])c2)CC1. The van der Waals surface area contributed by atoms with E-state index in [0.717, 1.165) is 24.1 Å². The summed E-state index contributed by atoms with van der Waals surface area (Å²) in [5.41, 5.74) is 1.76. The Kier molecular flexibility index (Phi) is 6.43. The zero-order valence-electron chi connectivity index (χ0n) is 17.6. The maximum Gasteiger partial charge on any atom is 0.271 e. The van der Waals surface area contributed by atoms with Crippen molar-refractivity contribution in [3.05, 3.63) is 64.2 Å². The number of sulfonamides is 1. The molecule has 1 amide bonds. The van der Waals surface area contributed by atoms with Crippen LogP contribution in [0.5, 0.6) is 0 Å². The number of amides is 1. The lowest BCUT2D eigenvalue weighted by Gasteiger charge is -2.36. The smallest absolute Gasteiger partial charge is 0.271 e. The Morgan fingerprint density at radius 1 is 1.06 bits per heavy atom. The quantitative estimate of drug-likeness (QED) is 0.480. The standard InChI is InChI=1S/C22H26N4O5S/c27-22(11-6-17-4-9-21(10-5-17)32(30,31)23-18-7-8-18)25-14-12-24(13-15-25)19-2-1-3-20(16-19)26(28)29/h1-5,9-10,16,18,23H,6-8,11-15H2. The summed E-state index contributed by atoms with van der Waals surface area (Å²) in [4.78, 5) is 27.3. The van der Waals surface area contributed by atoms with E-state index in [4.69, 9.17) is 0 Å². The third kappa shape index (κ3) is 5.43. The Balaban J connectivity index is 1.26. The summed E-state index contributed by atoms with van der Waals surface area (Å²) in [5.74, 6) is 0.0517. The average Bonchev–Trinajstić information content (AvgIpc) is 3.61. The second kappa shape index (κ2) is 9.25. The number of carbonyl (C=O) groups excluding carboxylic acids is 1. The highest BCUT2D eigenvalue weighted by molar-refractivity contribution is 7.89. The summed E-state index contributed by atoms with van der Waals surface area (Å²) in [6.07, 6.45) is 2.67. The van der Waals surface area contributed by atoms with Crippen LogP contribution in [0, 0.1) is 10.1 Å². The van der Waals surface area contributed by atoms with Gasteiger partial charge in [0, 0.05) is 56.5 Å². The van der Waals surface area contributed by atoms with Crippen LogP contribution < -0.4 is 9.62 Å². The van der Waals surface area contributed by atoms with Crippen molar-refractivity contribution in [1.29, 1.82) is 0 Å². The number of nitro benzene ring substituents is 1. The first-order valence-electron chi connectivity index (χ1n) is 10.7. The molecule has 1 aliphatic carbocycles. The van der Waals surface area contributed by atoms with Crippen molar-refractivity contribution < 1.29 is 18.1 Å². The molecular weight excluding hydrogens is 432 g/mol. The Morgan fingerprint density at radius 2 is 1.75 bits per heavy atom. The highest BCUT2D eigenvalue weighted by atomic mass is 32.2. The van der Waals surface area contributed by atoms with Gasteiger partial charge >= 0.3 is 0 Å². The van der Waals surface area contributed by atoms with E-state index in [1.165, 1.54) is 6.07 Å². The molecule has 2 fully saturated rings. The van der Waals surface area contributed by atoms with Gasteiger partial charge < -0.3 is 9.80 Å². The third-order valence-electron chi connectivity index (χ3n) is 5.80. The lowest BCUT2D eigenvalue weighted by molar-refractivity contribution is -0.384. The van der Waals surface area contributed by atoms with Gasteiger partial charge in [-0.05, 0) is 43.0 Å². The van der Waals surface area contributed by atoms with E-state index in [1.807, 2.05) is 15.9 Å². The van der Waals surface area contributed by atoms with Gasteiger partial charge in [0.15, 0.2) is 0 Å². The number of non-ortho nitro benzene ring substituents is 1. The van der Waals surface area contributed by atoms with E-state index in [-0.39, 0.29) is 22.5 Å². The molecule has 1 aliphatic heterocycles. The van der Waals surface area contributed by atoms with Gasteiger partial charge in [-0.25, -0.2) is 13.1 Å². The molecule has 0 aromatic heterocycles. The Labute approximate surface area is 187 Å². The molecule has 0 unspecified atom stereocenters. The maximum atomic E-state index is 12.6. The van der Waals surface area contributed by atoms with E-state index >= 15 is 0 Å². The van der Waals surface area contributed by atoms with E-state index in [9.17, 15) is 23.3 Å². The molecule has 2 aromatic carbocycles. The van der Waals surface area contributed by atoms with Crippen LogP contribution in [-0.4, -0.2) is 56.4 Å². The van der Waals surface area contributed by atoms with Crippen LogP contribution in [0.25, 0.3) is 0 Å². The van der Waals surface area contributed by atoms with Crippen molar-refractivity contribution in [2.75, 3.05) is 31.1 Å². The lowest BCUT2D eigenvalue weighted by Crippen LogP contribution is -2.48. The monoisotopic (exact) mass is 458 g/mol. The summed E-state index contributed by atoms with van der Waals surface area (Å²) in [5, 5.41) is 11.0. The molecule has 4 rings (SSSR count). The molecule has 1 heterocycles. The Morgan fingerprint density at radius 3 is 2.38 bits per heavy atom. The van der Waals surface area contributed by atoms with E-state index in [0.29, 0.717) is 39.0 Å². The first-order chi connectivity index (χ1) is 15.3. The number of nitrogens with zero attached hydrogens (tertiary/aromatic N) is 3. The number of anilines is 1. The molecule has 32 heavy (non-hydrogen) atoms. The van der Waals surface area contributed by atoms with Crippen LogP contribution in [0.1, 0.15) is 24.8 Å². The molecule has 0 atom stereocenters.